The number of amides is 2. The third-order valence-electron chi connectivity index (χ3n) is 3.76. The predicted molar refractivity (Wildman–Crippen MR) is 96.1 cm³/mol. The number of aryl methyl sites for hydroxylation is 1. The number of rotatable bonds is 4. The Balaban J connectivity index is 1.58. The highest BCUT2D eigenvalue weighted by atomic mass is 16.2. The minimum Gasteiger partial charge on any atom is -0.343 e. The molecule has 0 aliphatic carbocycles. The van der Waals surface area contributed by atoms with E-state index in [4.69, 9.17) is 0 Å². The molecule has 2 amide bonds. The van der Waals surface area contributed by atoms with Crippen molar-refractivity contribution in [3.05, 3.63) is 77.9 Å². The van der Waals surface area contributed by atoms with E-state index < -0.39 is 0 Å². The van der Waals surface area contributed by atoms with Gasteiger partial charge in [-0.3, -0.25) is 9.59 Å². The molecule has 0 aliphatic rings. The van der Waals surface area contributed by atoms with Gasteiger partial charge in [0.15, 0.2) is 0 Å². The van der Waals surface area contributed by atoms with Crippen molar-refractivity contribution >= 4 is 28.3 Å². The Hall–Kier alpha value is -3.14. The maximum atomic E-state index is 12.0. The molecule has 0 fully saturated rings. The van der Waals surface area contributed by atoms with Crippen molar-refractivity contribution in [1.82, 2.24) is 5.32 Å². The van der Waals surface area contributed by atoms with E-state index in [-0.39, 0.29) is 18.4 Å². The van der Waals surface area contributed by atoms with Crippen molar-refractivity contribution in [2.24, 2.45) is 0 Å². The third-order valence-corrected chi connectivity index (χ3v) is 3.76. The summed E-state index contributed by atoms with van der Waals surface area (Å²) in [7, 11) is 0. The highest BCUT2D eigenvalue weighted by Crippen LogP contribution is 2.18. The van der Waals surface area contributed by atoms with Gasteiger partial charge in [-0.2, -0.15) is 0 Å². The largest absolute Gasteiger partial charge is 0.343 e. The Morgan fingerprint density at radius 3 is 2.33 bits per heavy atom. The molecular formula is C20H18N2O2. The molecule has 0 aliphatic heterocycles. The summed E-state index contributed by atoms with van der Waals surface area (Å²) in [4.78, 5) is 24.0. The van der Waals surface area contributed by atoms with Crippen LogP contribution in [0.5, 0.6) is 0 Å². The van der Waals surface area contributed by atoms with Gasteiger partial charge in [-0.25, -0.2) is 0 Å². The van der Waals surface area contributed by atoms with Crippen molar-refractivity contribution in [1.29, 1.82) is 0 Å². The summed E-state index contributed by atoms with van der Waals surface area (Å²) in [5.74, 6) is -0.519. The number of benzene rings is 3. The van der Waals surface area contributed by atoms with Gasteiger partial charge in [-0.1, -0.05) is 48.0 Å². The molecule has 0 saturated heterocycles. The van der Waals surface area contributed by atoms with Crippen LogP contribution in [0, 0.1) is 6.92 Å². The Labute approximate surface area is 140 Å². The van der Waals surface area contributed by atoms with Crippen molar-refractivity contribution in [2.45, 2.75) is 6.92 Å². The van der Waals surface area contributed by atoms with E-state index in [1.165, 1.54) is 0 Å². The molecular weight excluding hydrogens is 300 g/mol. The molecule has 0 atom stereocenters. The zero-order valence-corrected chi connectivity index (χ0v) is 13.4. The van der Waals surface area contributed by atoms with Crippen molar-refractivity contribution in [3.63, 3.8) is 0 Å². The molecule has 0 heterocycles. The van der Waals surface area contributed by atoms with Crippen LogP contribution < -0.4 is 10.6 Å². The van der Waals surface area contributed by atoms with E-state index in [2.05, 4.69) is 10.6 Å². The number of carbonyl (C=O) groups excluding carboxylic acids is 2. The molecule has 24 heavy (non-hydrogen) atoms. The summed E-state index contributed by atoms with van der Waals surface area (Å²) in [6, 6.07) is 20.9. The van der Waals surface area contributed by atoms with E-state index in [1.54, 1.807) is 12.1 Å². The molecule has 3 aromatic carbocycles. The summed E-state index contributed by atoms with van der Waals surface area (Å²) < 4.78 is 0. The predicted octanol–water partition coefficient (Wildman–Crippen LogP) is 3.52. The van der Waals surface area contributed by atoms with Crippen molar-refractivity contribution < 1.29 is 9.59 Å². The van der Waals surface area contributed by atoms with Gasteiger partial charge in [0.2, 0.25) is 5.91 Å². The lowest BCUT2D eigenvalue weighted by molar-refractivity contribution is -0.115. The molecule has 0 unspecified atom stereocenters. The fraction of sp³-hybridized carbons (Fsp3) is 0.100. The summed E-state index contributed by atoms with van der Waals surface area (Å²) >= 11 is 0. The van der Waals surface area contributed by atoms with Gasteiger partial charge in [0.1, 0.15) is 0 Å². The van der Waals surface area contributed by atoms with Crippen LogP contribution in [0.3, 0.4) is 0 Å². The second-order valence-electron chi connectivity index (χ2n) is 5.66. The molecule has 0 spiro atoms. The van der Waals surface area contributed by atoms with Gasteiger partial charge < -0.3 is 10.6 Å². The zero-order chi connectivity index (χ0) is 16.9. The number of fused-ring (bicyclic) bond motifs is 1. The molecule has 120 valence electrons. The molecule has 0 saturated carbocycles. The van der Waals surface area contributed by atoms with Crippen LogP contribution >= 0.6 is 0 Å². The first-order chi connectivity index (χ1) is 11.6. The number of carbonyl (C=O) groups is 2. The molecule has 0 radical (unpaired) electrons. The van der Waals surface area contributed by atoms with Gasteiger partial charge in [0.05, 0.1) is 6.54 Å². The maximum Gasteiger partial charge on any atom is 0.251 e. The lowest BCUT2D eigenvalue weighted by Gasteiger charge is -2.08. The zero-order valence-electron chi connectivity index (χ0n) is 13.4. The number of hydrogen-bond acceptors (Lipinski definition) is 2. The average Bonchev–Trinajstić information content (AvgIpc) is 2.60. The van der Waals surface area contributed by atoms with Crippen LogP contribution in [0.25, 0.3) is 10.8 Å². The van der Waals surface area contributed by atoms with Gasteiger partial charge in [0.25, 0.3) is 5.91 Å². The molecule has 3 rings (SSSR count). The standard InChI is InChI=1S/C20H18N2O2/c1-14-6-8-16(9-7-14)20(24)21-13-19(23)22-18-11-10-15-4-2-3-5-17(15)12-18/h2-12H,13H2,1H3,(H,21,24)(H,22,23). The van der Waals surface area contributed by atoms with E-state index in [9.17, 15) is 9.59 Å². The minimum atomic E-state index is -0.260. The first-order valence-corrected chi connectivity index (χ1v) is 7.75. The van der Waals surface area contributed by atoms with Crippen LogP contribution in [-0.2, 0) is 4.79 Å². The monoisotopic (exact) mass is 318 g/mol. The minimum absolute atomic E-state index is 0.0699. The number of hydrogen-bond donors (Lipinski definition) is 2. The Bertz CT molecular complexity index is 886. The topological polar surface area (TPSA) is 58.2 Å². The maximum absolute atomic E-state index is 12.0. The second kappa shape index (κ2) is 6.96. The lowest BCUT2D eigenvalue weighted by atomic mass is 10.1. The summed E-state index contributed by atoms with van der Waals surface area (Å²) in [6.45, 7) is 1.89. The van der Waals surface area contributed by atoms with Gasteiger partial charge in [-0.15, -0.1) is 0 Å². The second-order valence-corrected chi connectivity index (χ2v) is 5.66. The normalized spacial score (nSPS) is 10.4. The molecule has 3 aromatic rings. The first-order valence-electron chi connectivity index (χ1n) is 7.75. The average molecular weight is 318 g/mol. The first kappa shape index (κ1) is 15.7. The SMILES string of the molecule is Cc1ccc(C(=O)NCC(=O)Nc2ccc3ccccc3c2)cc1. The third kappa shape index (κ3) is 3.79. The van der Waals surface area contributed by atoms with Crippen molar-refractivity contribution in [2.75, 3.05) is 11.9 Å². The molecule has 0 aromatic heterocycles. The lowest BCUT2D eigenvalue weighted by Crippen LogP contribution is -2.32. The van der Waals surface area contributed by atoms with Crippen LogP contribution in [-0.4, -0.2) is 18.4 Å². The number of anilines is 1. The highest BCUT2D eigenvalue weighted by molar-refractivity contribution is 6.00. The summed E-state index contributed by atoms with van der Waals surface area (Å²) in [5, 5.41) is 7.59. The summed E-state index contributed by atoms with van der Waals surface area (Å²) in [6.07, 6.45) is 0. The molecule has 2 N–H and O–H groups in total. The summed E-state index contributed by atoms with van der Waals surface area (Å²) in [5.41, 5.74) is 2.34. The van der Waals surface area contributed by atoms with Crippen LogP contribution in [0.4, 0.5) is 5.69 Å². The van der Waals surface area contributed by atoms with Gasteiger partial charge in [-0.05, 0) is 42.0 Å². The van der Waals surface area contributed by atoms with Crippen LogP contribution in [0.15, 0.2) is 66.7 Å². The van der Waals surface area contributed by atoms with Gasteiger partial charge in [0, 0.05) is 11.3 Å². The van der Waals surface area contributed by atoms with E-state index in [0.717, 1.165) is 16.3 Å². The molecule has 4 nitrogen and oxygen atoms in total. The Kier molecular flexibility index (Phi) is 4.57. The fourth-order valence-corrected chi connectivity index (χ4v) is 2.44. The van der Waals surface area contributed by atoms with Crippen molar-refractivity contribution in [3.8, 4) is 0 Å². The smallest absolute Gasteiger partial charge is 0.251 e. The highest BCUT2D eigenvalue weighted by Gasteiger charge is 2.08. The van der Waals surface area contributed by atoms with Gasteiger partial charge >= 0.3 is 0 Å². The van der Waals surface area contributed by atoms with E-state index >= 15 is 0 Å². The quantitative estimate of drug-likeness (QED) is 0.773. The Morgan fingerprint density at radius 1 is 0.875 bits per heavy atom. The van der Waals surface area contributed by atoms with E-state index in [1.807, 2.05) is 61.5 Å². The Morgan fingerprint density at radius 2 is 1.58 bits per heavy atom. The molecule has 0 bridgehead atoms. The number of nitrogens with one attached hydrogen (secondary N) is 2. The van der Waals surface area contributed by atoms with Crippen LogP contribution in [0.1, 0.15) is 15.9 Å². The van der Waals surface area contributed by atoms with E-state index in [0.29, 0.717) is 11.3 Å². The van der Waals surface area contributed by atoms with Crippen LogP contribution in [0.2, 0.25) is 0 Å². The molecule has 4 heteroatoms. The fourth-order valence-electron chi connectivity index (χ4n) is 2.44.